The Morgan fingerprint density at radius 3 is 2.50 bits per heavy atom. The normalized spacial score (nSPS) is 18.1. The van der Waals surface area contributed by atoms with E-state index in [0.29, 0.717) is 11.3 Å². The molecule has 1 unspecified atom stereocenters. The Hall–Kier alpha value is -2.78. The minimum Gasteiger partial charge on any atom is -0.377 e. The third kappa shape index (κ3) is 4.37. The van der Waals surface area contributed by atoms with Crippen LogP contribution in [0.2, 0.25) is 0 Å². The summed E-state index contributed by atoms with van der Waals surface area (Å²) in [7, 11) is 0. The molecular weight excluding hydrogens is 396 g/mol. The highest BCUT2D eigenvalue weighted by Crippen LogP contribution is 2.30. The molecule has 1 aliphatic rings. The number of imide groups is 1. The average molecular weight is 415 g/mol. The number of nitrogens with zero attached hydrogens (tertiary/aromatic N) is 3. The van der Waals surface area contributed by atoms with Crippen LogP contribution in [-0.2, 0) is 9.59 Å². The molecule has 9 heteroatoms. The highest BCUT2D eigenvalue weighted by atomic mass is 32.2. The summed E-state index contributed by atoms with van der Waals surface area (Å²) in [6.45, 7) is 3.28. The van der Waals surface area contributed by atoms with Gasteiger partial charge in [-0.15, -0.1) is 16.4 Å². The maximum atomic E-state index is 12.7. The summed E-state index contributed by atoms with van der Waals surface area (Å²) in [5.41, 5.74) is 7.56. The number of benzene rings is 1. The fourth-order valence-corrected chi connectivity index (χ4v) is 4.12. The van der Waals surface area contributed by atoms with Gasteiger partial charge >= 0.3 is 0 Å². The summed E-state index contributed by atoms with van der Waals surface area (Å²) in [6.07, 6.45) is 0.0296. The van der Waals surface area contributed by atoms with E-state index in [0.717, 1.165) is 27.3 Å². The van der Waals surface area contributed by atoms with Crippen LogP contribution in [0.25, 0.3) is 0 Å². The number of amides is 2. The van der Waals surface area contributed by atoms with Crippen molar-refractivity contribution in [3.05, 3.63) is 52.2 Å². The van der Waals surface area contributed by atoms with Crippen LogP contribution < -0.4 is 10.6 Å². The van der Waals surface area contributed by atoms with Gasteiger partial charge in [0.15, 0.2) is 11.0 Å². The van der Waals surface area contributed by atoms with Gasteiger partial charge < -0.3 is 5.73 Å². The number of thioether (sulfide) groups is 1. The third-order valence-electron chi connectivity index (χ3n) is 4.08. The fourth-order valence-electron chi connectivity index (χ4n) is 2.64. The van der Waals surface area contributed by atoms with Crippen LogP contribution in [0.15, 0.2) is 52.0 Å². The van der Waals surface area contributed by atoms with E-state index >= 15 is 0 Å². The Morgan fingerprint density at radius 1 is 1.18 bits per heavy atom. The highest BCUT2D eigenvalue weighted by Gasteiger charge is 2.40. The van der Waals surface area contributed by atoms with Crippen molar-refractivity contribution in [2.45, 2.75) is 25.5 Å². The average Bonchev–Trinajstić information content (AvgIpc) is 3.29. The van der Waals surface area contributed by atoms with Crippen LogP contribution in [0.3, 0.4) is 0 Å². The number of ketones is 1. The smallest absolute Gasteiger partial charge is 0.247 e. The van der Waals surface area contributed by atoms with E-state index < -0.39 is 5.25 Å². The molecule has 2 aromatic rings. The molecule has 2 heterocycles. The van der Waals surface area contributed by atoms with Crippen LogP contribution in [0, 0.1) is 0 Å². The number of anilines is 1. The summed E-state index contributed by atoms with van der Waals surface area (Å²) in [5, 5.41) is 9.46. The molecule has 0 aliphatic carbocycles. The predicted octanol–water partition coefficient (Wildman–Crippen LogP) is 3.05. The zero-order chi connectivity index (χ0) is 20.3. The maximum Gasteiger partial charge on any atom is 0.247 e. The van der Waals surface area contributed by atoms with Crippen molar-refractivity contribution in [2.75, 3.05) is 4.90 Å². The molecule has 1 fully saturated rings. The first-order valence-corrected chi connectivity index (χ1v) is 10.2. The number of amidine groups is 1. The van der Waals surface area contributed by atoms with Crippen molar-refractivity contribution < 1.29 is 14.4 Å². The van der Waals surface area contributed by atoms with E-state index in [1.165, 1.54) is 6.92 Å². The summed E-state index contributed by atoms with van der Waals surface area (Å²) in [5.74, 6) is -0.756. The van der Waals surface area contributed by atoms with E-state index in [4.69, 9.17) is 5.73 Å². The van der Waals surface area contributed by atoms with Gasteiger partial charge in [-0.25, -0.2) is 4.90 Å². The molecule has 0 saturated carbocycles. The van der Waals surface area contributed by atoms with Crippen molar-refractivity contribution in [2.24, 2.45) is 15.9 Å². The van der Waals surface area contributed by atoms with Gasteiger partial charge in [0.05, 0.1) is 16.3 Å². The lowest BCUT2D eigenvalue weighted by Gasteiger charge is -2.15. The molecule has 7 nitrogen and oxygen atoms in total. The fraction of sp³-hybridized carbons (Fsp3) is 0.211. The van der Waals surface area contributed by atoms with E-state index in [1.54, 1.807) is 35.6 Å². The van der Waals surface area contributed by atoms with Crippen molar-refractivity contribution in [3.63, 3.8) is 0 Å². The predicted molar refractivity (Wildman–Crippen MR) is 113 cm³/mol. The molecule has 0 bridgehead atoms. The largest absolute Gasteiger partial charge is 0.377 e. The number of Topliss-reactive ketones (excluding diaryl/α,β-unsaturated/α-hetero) is 1. The maximum absolute atomic E-state index is 12.7. The molecule has 1 aromatic carbocycles. The summed E-state index contributed by atoms with van der Waals surface area (Å²) in [6, 6.07) is 10.2. The minimum absolute atomic E-state index is 0.0296. The van der Waals surface area contributed by atoms with Crippen LogP contribution in [-0.4, -0.2) is 33.7 Å². The number of rotatable bonds is 5. The van der Waals surface area contributed by atoms with Crippen LogP contribution >= 0.6 is 23.1 Å². The molecule has 2 amide bonds. The van der Waals surface area contributed by atoms with E-state index in [1.807, 2.05) is 24.4 Å². The van der Waals surface area contributed by atoms with Gasteiger partial charge in [-0.3, -0.25) is 14.4 Å². The number of carbonyl (C=O) groups is 3. The van der Waals surface area contributed by atoms with Gasteiger partial charge in [0.1, 0.15) is 5.25 Å². The van der Waals surface area contributed by atoms with Crippen LogP contribution in [0.1, 0.15) is 35.5 Å². The topological polar surface area (TPSA) is 105 Å². The lowest BCUT2D eigenvalue weighted by atomic mass is 10.1. The van der Waals surface area contributed by atoms with E-state index in [-0.39, 0.29) is 29.2 Å². The Bertz CT molecular complexity index is 966. The van der Waals surface area contributed by atoms with Crippen molar-refractivity contribution in [1.29, 1.82) is 0 Å². The van der Waals surface area contributed by atoms with Crippen molar-refractivity contribution in [3.8, 4) is 0 Å². The lowest BCUT2D eigenvalue weighted by Crippen LogP contribution is -2.31. The quantitative estimate of drug-likeness (QED) is 0.266. The Balaban J connectivity index is 1.70. The first-order chi connectivity index (χ1) is 13.4. The molecule has 2 N–H and O–H groups in total. The van der Waals surface area contributed by atoms with Gasteiger partial charge in [-0.1, -0.05) is 17.8 Å². The molecule has 1 saturated heterocycles. The number of nitrogens with two attached hydrogens (primary N) is 1. The summed E-state index contributed by atoms with van der Waals surface area (Å²) in [4.78, 5) is 38.5. The molecule has 0 spiro atoms. The standard InChI is InChI=1S/C19H18N4O3S2/c1-11(15-4-3-9-27-15)21-22-19(20)28-16-10-17(25)23(18(16)26)14-7-5-13(6-8-14)12(2)24/h3-9,16H,10H2,1-2H3,(H2,20,22)/b21-11+. The molecule has 28 heavy (non-hydrogen) atoms. The zero-order valence-electron chi connectivity index (χ0n) is 15.3. The molecule has 1 aliphatic heterocycles. The summed E-state index contributed by atoms with van der Waals surface area (Å²) < 4.78 is 0. The second-order valence-electron chi connectivity index (χ2n) is 6.08. The zero-order valence-corrected chi connectivity index (χ0v) is 16.9. The van der Waals surface area contributed by atoms with Gasteiger partial charge in [-0.2, -0.15) is 5.10 Å². The van der Waals surface area contributed by atoms with Crippen LogP contribution in [0.4, 0.5) is 5.69 Å². The molecule has 3 rings (SSSR count). The Labute approximate surface area is 170 Å². The minimum atomic E-state index is -0.652. The van der Waals surface area contributed by atoms with Crippen molar-refractivity contribution in [1.82, 2.24) is 0 Å². The Morgan fingerprint density at radius 2 is 1.89 bits per heavy atom. The number of hydrogen-bond donors (Lipinski definition) is 1. The second kappa shape index (κ2) is 8.49. The van der Waals surface area contributed by atoms with Gasteiger partial charge in [0.25, 0.3) is 0 Å². The van der Waals surface area contributed by atoms with Gasteiger partial charge in [-0.05, 0) is 49.6 Å². The lowest BCUT2D eigenvalue weighted by molar-refractivity contribution is -0.121. The molecular formula is C19H18N4O3S2. The second-order valence-corrected chi connectivity index (χ2v) is 8.25. The van der Waals surface area contributed by atoms with Crippen molar-refractivity contribution >= 4 is 57.3 Å². The highest BCUT2D eigenvalue weighted by molar-refractivity contribution is 8.14. The summed E-state index contributed by atoms with van der Waals surface area (Å²) >= 11 is 2.57. The first-order valence-electron chi connectivity index (χ1n) is 8.43. The van der Waals surface area contributed by atoms with Gasteiger partial charge in [0, 0.05) is 12.0 Å². The molecule has 0 radical (unpaired) electrons. The van der Waals surface area contributed by atoms with Gasteiger partial charge in [0.2, 0.25) is 11.8 Å². The van der Waals surface area contributed by atoms with E-state index in [9.17, 15) is 14.4 Å². The number of hydrogen-bond acceptors (Lipinski definition) is 7. The Kier molecular flexibility index (Phi) is 6.05. The molecule has 1 aromatic heterocycles. The van der Waals surface area contributed by atoms with E-state index in [2.05, 4.69) is 10.2 Å². The number of carbonyl (C=O) groups excluding carboxylic acids is 3. The molecule has 1 atom stereocenters. The third-order valence-corrected chi connectivity index (χ3v) is 6.03. The molecule has 144 valence electrons. The monoisotopic (exact) mass is 414 g/mol. The number of thiophene rings is 1. The first kappa shape index (κ1) is 20.0. The van der Waals surface area contributed by atoms with Crippen LogP contribution in [0.5, 0.6) is 0 Å². The SMILES string of the molecule is CC(=O)c1ccc(N2C(=O)CC(S/C(N)=N/N=C(\C)c3cccs3)C2=O)cc1.